The minimum atomic E-state index is 0.421. The van der Waals surface area contributed by atoms with E-state index in [-0.39, 0.29) is 0 Å². The van der Waals surface area contributed by atoms with Crippen molar-refractivity contribution in [1.82, 2.24) is 10.2 Å². The van der Waals surface area contributed by atoms with Crippen LogP contribution in [0, 0.1) is 0 Å². The quantitative estimate of drug-likeness (QED) is 0.898. The van der Waals surface area contributed by atoms with E-state index in [2.05, 4.69) is 30.1 Å². The highest BCUT2D eigenvalue weighted by Gasteiger charge is 2.41. The van der Waals surface area contributed by atoms with Crippen LogP contribution in [0.5, 0.6) is 0 Å². The zero-order chi connectivity index (χ0) is 14.7. The zero-order valence-corrected chi connectivity index (χ0v) is 13.6. The van der Waals surface area contributed by atoms with Gasteiger partial charge in [0.15, 0.2) is 0 Å². The first-order valence-electron chi connectivity index (χ1n) is 8.75. The van der Waals surface area contributed by atoms with E-state index in [1.165, 1.54) is 51.6 Å². The fraction of sp³-hybridized carbons (Fsp3) is 0.778. The summed E-state index contributed by atoms with van der Waals surface area (Å²) in [7, 11) is 0. The van der Waals surface area contributed by atoms with Crippen molar-refractivity contribution in [3.63, 3.8) is 0 Å². The smallest absolute Gasteiger partial charge is 0.103 e. The number of hydrogen-bond donors (Lipinski definition) is 1. The number of hydrogen-bond acceptors (Lipinski definition) is 3. The van der Waals surface area contributed by atoms with Gasteiger partial charge in [-0.2, -0.15) is 0 Å². The van der Waals surface area contributed by atoms with Crippen LogP contribution in [0.15, 0.2) is 22.8 Å². The third-order valence-corrected chi connectivity index (χ3v) is 5.65. The summed E-state index contributed by atoms with van der Waals surface area (Å²) in [4.78, 5) is 2.78. The van der Waals surface area contributed by atoms with Crippen molar-refractivity contribution >= 4 is 0 Å². The summed E-state index contributed by atoms with van der Waals surface area (Å²) in [5.74, 6) is 1.13. The summed E-state index contributed by atoms with van der Waals surface area (Å²) in [5, 5.41) is 3.89. The second-order valence-corrected chi connectivity index (χ2v) is 7.07. The van der Waals surface area contributed by atoms with E-state index in [9.17, 15) is 0 Å². The van der Waals surface area contributed by atoms with E-state index < -0.39 is 0 Å². The lowest BCUT2D eigenvalue weighted by molar-refractivity contribution is 0.0434. The fourth-order valence-corrected chi connectivity index (χ4v) is 4.24. The van der Waals surface area contributed by atoms with E-state index >= 15 is 0 Å². The summed E-state index contributed by atoms with van der Waals surface area (Å²) in [6.07, 6.45) is 10.8. The average Bonchev–Trinajstić information content (AvgIpc) is 3.17. The van der Waals surface area contributed by atoms with Crippen LogP contribution in [0.2, 0.25) is 0 Å². The third kappa shape index (κ3) is 3.35. The van der Waals surface area contributed by atoms with Crippen molar-refractivity contribution in [2.24, 2.45) is 0 Å². The molecule has 118 valence electrons. The number of rotatable bonds is 5. The van der Waals surface area contributed by atoms with E-state index in [0.29, 0.717) is 17.6 Å². The molecule has 1 spiro atoms. The van der Waals surface area contributed by atoms with Gasteiger partial charge in [0.2, 0.25) is 0 Å². The van der Waals surface area contributed by atoms with Gasteiger partial charge in [0, 0.05) is 37.1 Å². The van der Waals surface area contributed by atoms with Crippen molar-refractivity contribution < 1.29 is 4.42 Å². The molecule has 21 heavy (non-hydrogen) atoms. The van der Waals surface area contributed by atoms with Gasteiger partial charge in [0.05, 0.1) is 6.26 Å². The standard InChI is InChI=1S/C18H30N2O/c1-3-16-13-19-18(10-4-5-11-18)14-20(16)15(2)8-9-17-7-6-12-21-17/h6-7,12,15-16,19H,3-5,8-11,13-14H2,1-2H3. The zero-order valence-electron chi connectivity index (χ0n) is 13.6. The Balaban J connectivity index is 1.61. The van der Waals surface area contributed by atoms with Crippen LogP contribution in [-0.2, 0) is 6.42 Å². The predicted molar refractivity (Wildman–Crippen MR) is 86.5 cm³/mol. The first-order chi connectivity index (χ1) is 10.2. The largest absolute Gasteiger partial charge is 0.469 e. The van der Waals surface area contributed by atoms with Gasteiger partial charge >= 0.3 is 0 Å². The second-order valence-electron chi connectivity index (χ2n) is 7.07. The van der Waals surface area contributed by atoms with Gasteiger partial charge in [-0.05, 0) is 44.7 Å². The van der Waals surface area contributed by atoms with Crippen LogP contribution in [0.1, 0.15) is 58.1 Å². The molecule has 0 aromatic carbocycles. The summed E-state index contributed by atoms with van der Waals surface area (Å²) in [5.41, 5.74) is 0.421. The molecule has 2 fully saturated rings. The molecule has 1 saturated carbocycles. The van der Waals surface area contributed by atoms with Gasteiger partial charge in [-0.15, -0.1) is 0 Å². The number of nitrogens with one attached hydrogen (secondary N) is 1. The van der Waals surface area contributed by atoms with Crippen molar-refractivity contribution in [3.05, 3.63) is 24.2 Å². The molecule has 1 aromatic rings. The van der Waals surface area contributed by atoms with Crippen LogP contribution in [0.25, 0.3) is 0 Å². The Hall–Kier alpha value is -0.800. The maximum absolute atomic E-state index is 5.49. The molecular formula is C18H30N2O. The molecule has 0 amide bonds. The van der Waals surface area contributed by atoms with Crippen LogP contribution in [0.3, 0.4) is 0 Å². The van der Waals surface area contributed by atoms with Crippen LogP contribution in [0.4, 0.5) is 0 Å². The van der Waals surface area contributed by atoms with E-state index in [1.807, 2.05) is 6.07 Å². The monoisotopic (exact) mass is 290 g/mol. The van der Waals surface area contributed by atoms with Gasteiger partial charge in [0.25, 0.3) is 0 Å². The van der Waals surface area contributed by atoms with Crippen LogP contribution >= 0.6 is 0 Å². The average molecular weight is 290 g/mol. The van der Waals surface area contributed by atoms with E-state index in [4.69, 9.17) is 4.42 Å². The number of nitrogens with zero attached hydrogens (tertiary/aromatic N) is 1. The Morgan fingerprint density at radius 1 is 1.43 bits per heavy atom. The number of furan rings is 1. The van der Waals surface area contributed by atoms with E-state index in [1.54, 1.807) is 6.26 Å². The molecule has 2 unspecified atom stereocenters. The molecule has 1 aliphatic carbocycles. The molecule has 0 radical (unpaired) electrons. The normalized spacial score (nSPS) is 27.2. The summed E-state index contributed by atoms with van der Waals surface area (Å²) in [6, 6.07) is 5.43. The first-order valence-corrected chi connectivity index (χ1v) is 8.75. The van der Waals surface area contributed by atoms with Crippen molar-refractivity contribution in [1.29, 1.82) is 0 Å². The Bertz CT molecular complexity index is 422. The van der Waals surface area contributed by atoms with Gasteiger partial charge in [-0.3, -0.25) is 4.90 Å². The molecular weight excluding hydrogens is 260 g/mol. The minimum absolute atomic E-state index is 0.421. The molecule has 3 nitrogen and oxygen atoms in total. The van der Waals surface area contributed by atoms with Gasteiger partial charge in [-0.1, -0.05) is 19.8 Å². The molecule has 2 heterocycles. The summed E-state index contributed by atoms with van der Waals surface area (Å²) >= 11 is 0. The van der Waals surface area contributed by atoms with E-state index in [0.717, 1.165) is 12.2 Å². The Morgan fingerprint density at radius 3 is 2.90 bits per heavy atom. The SMILES string of the molecule is CCC1CNC2(CCCC2)CN1C(C)CCc1ccco1. The van der Waals surface area contributed by atoms with Crippen molar-refractivity contribution in [2.75, 3.05) is 13.1 Å². The van der Waals surface area contributed by atoms with Gasteiger partial charge in [-0.25, -0.2) is 0 Å². The first kappa shape index (κ1) is 15.1. The lowest BCUT2D eigenvalue weighted by Gasteiger charge is -2.49. The highest BCUT2D eigenvalue weighted by Crippen LogP contribution is 2.34. The lowest BCUT2D eigenvalue weighted by atomic mass is 9.90. The maximum Gasteiger partial charge on any atom is 0.103 e. The van der Waals surface area contributed by atoms with Crippen molar-refractivity contribution in [3.8, 4) is 0 Å². The number of piperazine rings is 1. The Labute approximate surface area is 129 Å². The predicted octanol–water partition coefficient (Wildman–Crippen LogP) is 3.60. The molecule has 1 N–H and O–H groups in total. The molecule has 0 bridgehead atoms. The lowest BCUT2D eigenvalue weighted by Crippen LogP contribution is -2.64. The Kier molecular flexibility index (Phi) is 4.70. The topological polar surface area (TPSA) is 28.4 Å². The molecule has 1 aliphatic heterocycles. The minimum Gasteiger partial charge on any atom is -0.469 e. The molecule has 2 atom stereocenters. The third-order valence-electron chi connectivity index (χ3n) is 5.65. The fourth-order valence-electron chi connectivity index (χ4n) is 4.24. The van der Waals surface area contributed by atoms with Gasteiger partial charge < -0.3 is 9.73 Å². The number of aryl methyl sites for hydroxylation is 1. The maximum atomic E-state index is 5.49. The Morgan fingerprint density at radius 2 is 2.24 bits per heavy atom. The molecule has 3 rings (SSSR count). The molecule has 1 aromatic heterocycles. The highest BCUT2D eigenvalue weighted by atomic mass is 16.3. The summed E-state index contributed by atoms with van der Waals surface area (Å²) in [6.45, 7) is 7.14. The highest BCUT2D eigenvalue weighted by molar-refractivity contribution is 5.03. The van der Waals surface area contributed by atoms with Crippen molar-refractivity contribution in [2.45, 2.75) is 76.4 Å². The van der Waals surface area contributed by atoms with Gasteiger partial charge in [0.1, 0.15) is 5.76 Å². The molecule has 2 aliphatic rings. The van der Waals surface area contributed by atoms with Crippen LogP contribution < -0.4 is 5.32 Å². The molecule has 1 saturated heterocycles. The second kappa shape index (κ2) is 6.53. The van der Waals surface area contributed by atoms with Crippen LogP contribution in [-0.4, -0.2) is 35.6 Å². The summed E-state index contributed by atoms with van der Waals surface area (Å²) < 4.78 is 5.49. The molecule has 3 heteroatoms.